The molecule has 0 unspecified atom stereocenters. The molecule has 3 aliphatic heterocycles. The minimum absolute atomic E-state index is 0.0451. The minimum atomic E-state index is -0.122. The zero-order valence-corrected chi connectivity index (χ0v) is 10.6. The molecule has 0 aromatic heterocycles. The third kappa shape index (κ3) is 1.49. The molecule has 0 amide bonds. The molecule has 4 nitrogen and oxygen atoms in total. The standard InChI is InChI=1S/C14H20O4/c1-2-4-14-5-6-15-12(18-14)10-13(14,3-1)9-11-16-7-8-17-11/h5-6,11-12H,1-4,7-10H2/t12-,13-,14-/m1/s1. The van der Waals surface area contributed by atoms with Gasteiger partial charge < -0.3 is 18.9 Å². The fourth-order valence-corrected chi connectivity index (χ4v) is 4.20. The van der Waals surface area contributed by atoms with Crippen LogP contribution in [0.3, 0.4) is 0 Å². The largest absolute Gasteiger partial charge is 0.473 e. The highest BCUT2D eigenvalue weighted by Crippen LogP contribution is 2.60. The lowest BCUT2D eigenvalue weighted by molar-refractivity contribution is -0.172. The molecule has 3 atom stereocenters. The normalized spacial score (nSPS) is 47.0. The predicted molar refractivity (Wildman–Crippen MR) is 63.7 cm³/mol. The molecule has 0 aromatic rings. The second-order valence-corrected chi connectivity index (χ2v) is 5.94. The highest BCUT2D eigenvalue weighted by Gasteiger charge is 2.61. The highest BCUT2D eigenvalue weighted by atomic mass is 16.7. The van der Waals surface area contributed by atoms with E-state index in [1.807, 2.05) is 6.26 Å². The van der Waals surface area contributed by atoms with Crippen molar-refractivity contribution in [3.8, 4) is 0 Å². The molecule has 2 bridgehead atoms. The lowest BCUT2D eigenvalue weighted by Gasteiger charge is -2.47. The summed E-state index contributed by atoms with van der Waals surface area (Å²) in [7, 11) is 0. The molecule has 1 spiro atoms. The van der Waals surface area contributed by atoms with E-state index in [-0.39, 0.29) is 23.6 Å². The van der Waals surface area contributed by atoms with Crippen LogP contribution in [0.1, 0.15) is 38.5 Å². The van der Waals surface area contributed by atoms with Crippen molar-refractivity contribution < 1.29 is 18.9 Å². The Morgan fingerprint density at radius 2 is 1.94 bits per heavy atom. The molecule has 3 fully saturated rings. The maximum Gasteiger partial charge on any atom is 0.200 e. The van der Waals surface area contributed by atoms with Crippen molar-refractivity contribution >= 4 is 0 Å². The topological polar surface area (TPSA) is 36.9 Å². The van der Waals surface area contributed by atoms with Gasteiger partial charge >= 0.3 is 0 Å². The van der Waals surface area contributed by atoms with E-state index in [1.54, 1.807) is 0 Å². The van der Waals surface area contributed by atoms with Crippen LogP contribution in [-0.4, -0.2) is 31.4 Å². The van der Waals surface area contributed by atoms with Crippen molar-refractivity contribution in [1.29, 1.82) is 0 Å². The van der Waals surface area contributed by atoms with Crippen LogP contribution in [-0.2, 0) is 18.9 Å². The summed E-state index contributed by atoms with van der Waals surface area (Å²) >= 11 is 0. The van der Waals surface area contributed by atoms with E-state index in [2.05, 4.69) is 6.08 Å². The van der Waals surface area contributed by atoms with E-state index in [0.717, 1.165) is 32.5 Å². The Morgan fingerprint density at radius 3 is 2.83 bits per heavy atom. The summed E-state index contributed by atoms with van der Waals surface area (Å²) in [6, 6.07) is 0. The fourth-order valence-electron chi connectivity index (χ4n) is 4.20. The van der Waals surface area contributed by atoms with Gasteiger partial charge in [-0.1, -0.05) is 12.8 Å². The third-order valence-electron chi connectivity index (χ3n) is 5.07. The van der Waals surface area contributed by atoms with Crippen LogP contribution in [0.15, 0.2) is 12.3 Å². The van der Waals surface area contributed by atoms with E-state index in [0.29, 0.717) is 0 Å². The zero-order chi connectivity index (χ0) is 12.1. The van der Waals surface area contributed by atoms with Crippen LogP contribution in [0.2, 0.25) is 0 Å². The van der Waals surface area contributed by atoms with Gasteiger partial charge in [0.1, 0.15) is 0 Å². The van der Waals surface area contributed by atoms with Crippen molar-refractivity contribution in [1.82, 2.24) is 0 Å². The van der Waals surface area contributed by atoms with Gasteiger partial charge in [0.25, 0.3) is 0 Å². The minimum Gasteiger partial charge on any atom is -0.473 e. The summed E-state index contributed by atoms with van der Waals surface area (Å²) in [4.78, 5) is 0. The molecule has 0 N–H and O–H groups in total. The number of ether oxygens (including phenoxy) is 4. The Kier molecular flexibility index (Phi) is 2.47. The first-order chi connectivity index (χ1) is 8.82. The summed E-state index contributed by atoms with van der Waals surface area (Å²) in [6.07, 6.45) is 10.6. The molecule has 18 heavy (non-hydrogen) atoms. The molecule has 0 aromatic carbocycles. The average Bonchev–Trinajstić information content (AvgIpc) is 2.93. The number of hydrogen-bond donors (Lipinski definition) is 0. The summed E-state index contributed by atoms with van der Waals surface area (Å²) in [5.41, 5.74) is 0.0292. The maximum absolute atomic E-state index is 6.18. The van der Waals surface area contributed by atoms with Crippen LogP contribution >= 0.6 is 0 Å². The Bertz CT molecular complexity index is 363. The second-order valence-electron chi connectivity index (χ2n) is 5.94. The SMILES string of the molecule is C1=C[C@]23CCCC[C@@]2(CC2OCCO2)C[C@H](O1)O3. The van der Waals surface area contributed by atoms with Crippen molar-refractivity contribution in [3.63, 3.8) is 0 Å². The first kappa shape index (κ1) is 11.3. The quantitative estimate of drug-likeness (QED) is 0.756. The van der Waals surface area contributed by atoms with Gasteiger partial charge in [0.2, 0.25) is 6.29 Å². The zero-order valence-electron chi connectivity index (χ0n) is 10.6. The first-order valence-corrected chi connectivity index (χ1v) is 7.06. The van der Waals surface area contributed by atoms with Crippen molar-refractivity contribution in [2.75, 3.05) is 13.2 Å². The van der Waals surface area contributed by atoms with Gasteiger partial charge in [-0.05, 0) is 18.9 Å². The van der Waals surface area contributed by atoms with Crippen LogP contribution in [0.5, 0.6) is 0 Å². The molecule has 100 valence electrons. The Labute approximate surface area is 107 Å². The number of fused-ring (bicyclic) bond motifs is 1. The Morgan fingerprint density at radius 1 is 1.11 bits per heavy atom. The van der Waals surface area contributed by atoms with Crippen LogP contribution in [0.4, 0.5) is 0 Å². The second kappa shape index (κ2) is 3.95. The Balaban J connectivity index is 1.65. The molecule has 1 aliphatic carbocycles. The molecule has 4 aliphatic rings. The van der Waals surface area contributed by atoms with Gasteiger partial charge in [-0.3, -0.25) is 0 Å². The summed E-state index contributed by atoms with van der Waals surface area (Å²) in [5.74, 6) is 0. The van der Waals surface area contributed by atoms with Crippen molar-refractivity contribution in [2.24, 2.45) is 5.41 Å². The van der Waals surface area contributed by atoms with Gasteiger partial charge in [0.05, 0.1) is 25.1 Å². The molecular weight excluding hydrogens is 232 g/mol. The van der Waals surface area contributed by atoms with E-state index < -0.39 is 0 Å². The van der Waals surface area contributed by atoms with Gasteiger partial charge in [-0.15, -0.1) is 0 Å². The molecule has 0 radical (unpaired) electrons. The van der Waals surface area contributed by atoms with E-state index in [1.165, 1.54) is 19.3 Å². The molecular formula is C14H20O4. The van der Waals surface area contributed by atoms with E-state index in [9.17, 15) is 0 Å². The molecule has 1 saturated carbocycles. The fraction of sp³-hybridized carbons (Fsp3) is 0.857. The third-order valence-corrected chi connectivity index (χ3v) is 5.07. The Hall–Kier alpha value is -0.580. The number of hydrogen-bond acceptors (Lipinski definition) is 4. The van der Waals surface area contributed by atoms with E-state index >= 15 is 0 Å². The van der Waals surface area contributed by atoms with Crippen molar-refractivity contribution in [2.45, 2.75) is 56.7 Å². The van der Waals surface area contributed by atoms with Crippen LogP contribution in [0, 0.1) is 5.41 Å². The summed E-state index contributed by atoms with van der Waals surface area (Å²) in [6.45, 7) is 1.45. The summed E-state index contributed by atoms with van der Waals surface area (Å²) < 4.78 is 23.1. The van der Waals surface area contributed by atoms with Crippen LogP contribution < -0.4 is 0 Å². The van der Waals surface area contributed by atoms with Gasteiger partial charge in [-0.2, -0.15) is 0 Å². The lowest BCUT2D eigenvalue weighted by Crippen LogP contribution is -2.48. The van der Waals surface area contributed by atoms with Gasteiger partial charge in [-0.25, -0.2) is 0 Å². The van der Waals surface area contributed by atoms with Crippen molar-refractivity contribution in [3.05, 3.63) is 12.3 Å². The smallest absolute Gasteiger partial charge is 0.200 e. The first-order valence-electron chi connectivity index (χ1n) is 7.06. The van der Waals surface area contributed by atoms with Gasteiger partial charge in [0.15, 0.2) is 6.29 Å². The lowest BCUT2D eigenvalue weighted by atomic mass is 9.61. The van der Waals surface area contributed by atoms with Gasteiger partial charge in [0, 0.05) is 18.3 Å². The molecule has 4 rings (SSSR count). The van der Waals surface area contributed by atoms with Crippen LogP contribution in [0.25, 0.3) is 0 Å². The monoisotopic (exact) mass is 252 g/mol. The average molecular weight is 252 g/mol. The predicted octanol–water partition coefficient (Wildman–Crippen LogP) is 2.34. The maximum atomic E-state index is 6.18. The molecule has 3 heterocycles. The molecule has 4 heteroatoms. The number of rotatable bonds is 2. The summed E-state index contributed by atoms with van der Waals surface area (Å²) in [5, 5.41) is 0. The molecule has 2 saturated heterocycles. The van der Waals surface area contributed by atoms with E-state index in [4.69, 9.17) is 18.9 Å². The highest BCUT2D eigenvalue weighted by molar-refractivity contribution is 5.18.